The van der Waals surface area contributed by atoms with Gasteiger partial charge in [0.15, 0.2) is 5.58 Å². The lowest BCUT2D eigenvalue weighted by Crippen LogP contribution is -2.05. The molecule has 0 aliphatic heterocycles. The molecular weight excluding hydrogens is 388 g/mol. The lowest BCUT2D eigenvalue weighted by Gasteiger charge is -2.11. The smallest absolute Gasteiger partial charge is 0.387 e. The molecule has 0 unspecified atom stereocenters. The van der Waals surface area contributed by atoms with E-state index >= 15 is 0 Å². The van der Waals surface area contributed by atoms with Crippen molar-refractivity contribution in [3.63, 3.8) is 0 Å². The number of hydrogen-bond acceptors (Lipinski definition) is 6. The Kier molecular flexibility index (Phi) is 5.43. The zero-order chi connectivity index (χ0) is 20.3. The zero-order valence-electron chi connectivity index (χ0n) is 13.7. The van der Waals surface area contributed by atoms with Gasteiger partial charge in [-0.2, -0.15) is 17.6 Å². The molecule has 11 heteroatoms. The van der Waals surface area contributed by atoms with Gasteiger partial charge in [-0.25, -0.2) is 4.98 Å². The summed E-state index contributed by atoms with van der Waals surface area (Å²) >= 11 is 0. The maximum Gasteiger partial charge on any atom is 0.387 e. The average molecular weight is 398 g/mol. The van der Waals surface area contributed by atoms with Gasteiger partial charge < -0.3 is 13.9 Å². The highest BCUT2D eigenvalue weighted by molar-refractivity contribution is 5.78. The Labute approximate surface area is 153 Å². The Morgan fingerprint density at radius 2 is 1.79 bits per heavy atom. The van der Waals surface area contributed by atoms with Crippen LogP contribution in [-0.4, -0.2) is 23.1 Å². The third-order valence-electron chi connectivity index (χ3n) is 3.43. The molecule has 0 amide bonds. The summed E-state index contributed by atoms with van der Waals surface area (Å²) in [4.78, 5) is 14.2. The van der Waals surface area contributed by atoms with E-state index in [4.69, 9.17) is 4.42 Å². The monoisotopic (exact) mass is 398 g/mol. The van der Waals surface area contributed by atoms with Crippen LogP contribution in [0.2, 0.25) is 0 Å². The van der Waals surface area contributed by atoms with Gasteiger partial charge in [0, 0.05) is 29.8 Å². The summed E-state index contributed by atoms with van der Waals surface area (Å²) in [6.07, 6.45) is 2.62. The minimum atomic E-state index is -3.18. The van der Waals surface area contributed by atoms with Crippen LogP contribution in [0.4, 0.5) is 23.2 Å². The van der Waals surface area contributed by atoms with Gasteiger partial charge in [-0.3, -0.25) is 10.1 Å². The third kappa shape index (κ3) is 4.55. The minimum absolute atomic E-state index is 0.0476. The number of halogens is 4. The zero-order valence-corrected chi connectivity index (χ0v) is 13.7. The van der Waals surface area contributed by atoms with Gasteiger partial charge in [-0.15, -0.1) is 0 Å². The molecule has 2 aromatic carbocycles. The van der Waals surface area contributed by atoms with Crippen LogP contribution in [0.3, 0.4) is 0 Å². The average Bonchev–Trinajstić information content (AvgIpc) is 3.02. The van der Waals surface area contributed by atoms with E-state index in [0.29, 0.717) is 0 Å². The summed E-state index contributed by atoms with van der Waals surface area (Å²) in [5.41, 5.74) is 0.474. The van der Waals surface area contributed by atoms with Crippen LogP contribution in [0.15, 0.2) is 40.8 Å². The third-order valence-corrected chi connectivity index (χ3v) is 3.43. The first-order chi connectivity index (χ1) is 13.3. The highest BCUT2D eigenvalue weighted by Crippen LogP contribution is 2.29. The summed E-state index contributed by atoms with van der Waals surface area (Å²) in [5, 5.41) is 10.8. The van der Waals surface area contributed by atoms with Gasteiger partial charge in [-0.1, -0.05) is 0 Å². The summed E-state index contributed by atoms with van der Waals surface area (Å²) < 4.78 is 63.6. The van der Waals surface area contributed by atoms with E-state index in [-0.39, 0.29) is 34.0 Å². The van der Waals surface area contributed by atoms with Crippen molar-refractivity contribution in [2.75, 3.05) is 0 Å². The van der Waals surface area contributed by atoms with E-state index < -0.39 is 23.9 Å². The number of aromatic nitrogens is 1. The molecule has 28 heavy (non-hydrogen) atoms. The number of rotatable bonds is 7. The van der Waals surface area contributed by atoms with Gasteiger partial charge in [0.2, 0.25) is 5.89 Å². The van der Waals surface area contributed by atoms with Crippen molar-refractivity contribution < 1.29 is 36.4 Å². The predicted octanol–water partition coefficient (Wildman–Crippen LogP) is 5.11. The first kappa shape index (κ1) is 19.1. The number of oxazole rings is 1. The van der Waals surface area contributed by atoms with Crippen molar-refractivity contribution in [3.05, 3.63) is 58.0 Å². The number of alkyl halides is 4. The Balaban J connectivity index is 1.90. The number of non-ortho nitro benzene ring substituents is 1. The molecule has 3 aromatic rings. The second-order valence-electron chi connectivity index (χ2n) is 5.25. The molecule has 0 aliphatic rings. The van der Waals surface area contributed by atoms with Crippen LogP contribution in [-0.2, 0) is 0 Å². The molecule has 0 atom stereocenters. The molecule has 1 heterocycles. The molecule has 0 aliphatic carbocycles. The molecule has 0 fully saturated rings. The topological polar surface area (TPSA) is 87.6 Å². The highest BCUT2D eigenvalue weighted by Gasteiger charge is 2.13. The molecule has 0 saturated heterocycles. The van der Waals surface area contributed by atoms with Crippen LogP contribution in [0.1, 0.15) is 11.5 Å². The largest absolute Gasteiger partial charge is 0.437 e. The van der Waals surface area contributed by atoms with Gasteiger partial charge >= 0.3 is 13.2 Å². The first-order valence-electron chi connectivity index (χ1n) is 7.58. The fourth-order valence-electron chi connectivity index (χ4n) is 2.31. The Morgan fingerprint density at radius 3 is 2.46 bits per heavy atom. The minimum Gasteiger partial charge on any atom is -0.437 e. The summed E-state index contributed by atoms with van der Waals surface area (Å²) in [7, 11) is 0. The van der Waals surface area contributed by atoms with Crippen molar-refractivity contribution in [3.8, 4) is 11.5 Å². The van der Waals surface area contributed by atoms with Gasteiger partial charge in [-0.05, 0) is 24.3 Å². The number of fused-ring (bicyclic) bond motifs is 1. The van der Waals surface area contributed by atoms with Crippen molar-refractivity contribution in [2.45, 2.75) is 13.2 Å². The van der Waals surface area contributed by atoms with E-state index in [1.807, 2.05) is 0 Å². The van der Waals surface area contributed by atoms with E-state index in [9.17, 15) is 27.7 Å². The standard InChI is InChI=1S/C17H10F4N2O5/c18-16(19)26-11-4-1-9(14(8-11)28-17(20)21)2-6-15-22-12-7-10(23(24)25)3-5-13(12)27-15/h1-8,16-17H/b6-2+. The first-order valence-corrected chi connectivity index (χ1v) is 7.58. The van der Waals surface area contributed by atoms with Crippen LogP contribution >= 0.6 is 0 Å². The van der Waals surface area contributed by atoms with Crippen molar-refractivity contribution >= 4 is 28.9 Å². The lowest BCUT2D eigenvalue weighted by molar-refractivity contribution is -0.384. The number of ether oxygens (including phenoxy) is 2. The molecule has 0 radical (unpaired) electrons. The van der Waals surface area contributed by atoms with E-state index in [1.165, 1.54) is 36.4 Å². The molecular formula is C17H10F4N2O5. The SMILES string of the molecule is O=[N+]([O-])c1ccc2oc(/C=C/c3ccc(OC(F)F)cc3OC(F)F)nc2c1. The lowest BCUT2D eigenvalue weighted by atomic mass is 10.1. The van der Waals surface area contributed by atoms with Crippen molar-refractivity contribution in [1.82, 2.24) is 4.98 Å². The van der Waals surface area contributed by atoms with E-state index in [1.54, 1.807) is 0 Å². The normalized spacial score (nSPS) is 11.6. The van der Waals surface area contributed by atoms with Crippen molar-refractivity contribution in [2.24, 2.45) is 0 Å². The molecule has 0 bridgehead atoms. The van der Waals surface area contributed by atoms with Gasteiger partial charge in [0.25, 0.3) is 5.69 Å². The number of benzene rings is 2. The maximum atomic E-state index is 12.6. The Hall–Kier alpha value is -3.63. The van der Waals surface area contributed by atoms with Crippen LogP contribution in [0.5, 0.6) is 11.5 Å². The second-order valence-corrected chi connectivity index (χ2v) is 5.25. The Bertz CT molecular complexity index is 1040. The quantitative estimate of drug-likeness (QED) is 0.312. The van der Waals surface area contributed by atoms with E-state index in [0.717, 1.165) is 12.1 Å². The van der Waals surface area contributed by atoms with Crippen LogP contribution < -0.4 is 9.47 Å². The Morgan fingerprint density at radius 1 is 1.04 bits per heavy atom. The molecule has 3 rings (SSSR count). The molecule has 7 nitrogen and oxygen atoms in total. The second kappa shape index (κ2) is 7.94. The van der Waals surface area contributed by atoms with Crippen LogP contribution in [0.25, 0.3) is 23.3 Å². The molecule has 0 N–H and O–H groups in total. The highest BCUT2D eigenvalue weighted by atomic mass is 19.3. The summed E-state index contributed by atoms with van der Waals surface area (Å²) in [6.45, 7) is -6.30. The molecule has 0 saturated carbocycles. The molecule has 1 aromatic heterocycles. The van der Waals surface area contributed by atoms with Gasteiger partial charge in [0.05, 0.1) is 4.92 Å². The number of nitro groups is 1. The van der Waals surface area contributed by atoms with Crippen LogP contribution in [0, 0.1) is 10.1 Å². The predicted molar refractivity (Wildman–Crippen MR) is 89.3 cm³/mol. The van der Waals surface area contributed by atoms with Gasteiger partial charge in [0.1, 0.15) is 17.0 Å². The van der Waals surface area contributed by atoms with E-state index in [2.05, 4.69) is 14.5 Å². The maximum absolute atomic E-state index is 12.6. The fourth-order valence-corrected chi connectivity index (χ4v) is 2.31. The van der Waals surface area contributed by atoms with Crippen molar-refractivity contribution in [1.29, 1.82) is 0 Å². The summed E-state index contributed by atoms with van der Waals surface area (Å²) in [6, 6.07) is 7.13. The number of hydrogen-bond donors (Lipinski definition) is 0. The molecule has 0 spiro atoms. The number of nitrogens with zero attached hydrogens (tertiary/aromatic N) is 2. The fraction of sp³-hybridized carbons (Fsp3) is 0.118. The molecule has 146 valence electrons. The summed E-state index contributed by atoms with van der Waals surface area (Å²) in [5.74, 6) is -0.695. The number of nitro benzene ring substituents is 1.